The first-order chi connectivity index (χ1) is 8.89. The van der Waals surface area contributed by atoms with Gasteiger partial charge in [-0.25, -0.2) is 0 Å². The first kappa shape index (κ1) is 16.9. The predicted octanol–water partition coefficient (Wildman–Crippen LogP) is 3.30. The molecule has 1 unspecified atom stereocenters. The molecule has 0 aromatic heterocycles. The molecule has 3 N–H and O–H groups in total. The van der Waals surface area contributed by atoms with Crippen LogP contribution < -0.4 is 11.3 Å². The van der Waals surface area contributed by atoms with Gasteiger partial charge in [0.05, 0.1) is 0 Å². The summed E-state index contributed by atoms with van der Waals surface area (Å²) in [5.41, 5.74) is 3.78. The topological polar surface area (TPSA) is 41.3 Å². The molecule has 0 radical (unpaired) electrons. The summed E-state index contributed by atoms with van der Waals surface area (Å²) in [4.78, 5) is 2.69. The lowest BCUT2D eigenvalue weighted by Crippen LogP contribution is -2.61. The zero-order chi connectivity index (χ0) is 14.5. The van der Waals surface area contributed by atoms with Crippen LogP contribution in [0.25, 0.3) is 0 Å². The van der Waals surface area contributed by atoms with Crippen LogP contribution >= 0.6 is 0 Å². The average molecular weight is 269 g/mol. The molecule has 19 heavy (non-hydrogen) atoms. The summed E-state index contributed by atoms with van der Waals surface area (Å²) < 4.78 is 0. The third kappa shape index (κ3) is 4.17. The van der Waals surface area contributed by atoms with E-state index >= 15 is 0 Å². The number of hydrogen-bond donors (Lipinski definition) is 2. The van der Waals surface area contributed by atoms with Crippen molar-refractivity contribution >= 4 is 0 Å². The normalized spacial score (nSPS) is 19.9. The molecule has 1 atom stereocenters. The SMILES string of the molecule is CCC(CC)(C(CCC(C)(C)C)NN)N1CCCC1. The lowest BCUT2D eigenvalue weighted by molar-refractivity contribution is 0.0540. The molecule has 0 aromatic rings. The molecule has 0 saturated carbocycles. The van der Waals surface area contributed by atoms with E-state index in [1.54, 1.807) is 0 Å². The van der Waals surface area contributed by atoms with E-state index in [0.717, 1.165) is 6.42 Å². The molecule has 1 heterocycles. The minimum Gasteiger partial charge on any atom is -0.296 e. The van der Waals surface area contributed by atoms with Crippen molar-refractivity contribution in [3.63, 3.8) is 0 Å². The fourth-order valence-electron chi connectivity index (χ4n) is 3.66. The Balaban J connectivity index is 2.80. The van der Waals surface area contributed by atoms with Crippen LogP contribution in [0.3, 0.4) is 0 Å². The zero-order valence-electron chi connectivity index (χ0n) is 13.8. The van der Waals surface area contributed by atoms with Gasteiger partial charge in [0.2, 0.25) is 0 Å². The van der Waals surface area contributed by atoms with E-state index in [2.05, 4.69) is 44.9 Å². The Morgan fingerprint density at radius 3 is 2.00 bits per heavy atom. The molecule has 3 heteroatoms. The van der Waals surface area contributed by atoms with Crippen LogP contribution in [0.4, 0.5) is 0 Å². The quantitative estimate of drug-likeness (QED) is 0.550. The Morgan fingerprint density at radius 1 is 1.11 bits per heavy atom. The minimum atomic E-state index is 0.247. The second kappa shape index (κ2) is 7.05. The van der Waals surface area contributed by atoms with Crippen molar-refractivity contribution in [1.29, 1.82) is 0 Å². The van der Waals surface area contributed by atoms with Crippen molar-refractivity contribution in [3.8, 4) is 0 Å². The van der Waals surface area contributed by atoms with E-state index < -0.39 is 0 Å². The largest absolute Gasteiger partial charge is 0.296 e. The molecule has 114 valence electrons. The first-order valence-electron chi connectivity index (χ1n) is 8.11. The van der Waals surface area contributed by atoms with Crippen molar-refractivity contribution in [3.05, 3.63) is 0 Å². The molecule has 1 fully saturated rings. The van der Waals surface area contributed by atoms with Crippen LogP contribution in [0.15, 0.2) is 0 Å². The smallest absolute Gasteiger partial charge is 0.0394 e. The lowest BCUT2D eigenvalue weighted by atomic mass is 9.78. The van der Waals surface area contributed by atoms with Gasteiger partial charge < -0.3 is 0 Å². The van der Waals surface area contributed by atoms with Crippen LogP contribution in [0, 0.1) is 5.41 Å². The number of nitrogens with two attached hydrogens (primary N) is 1. The van der Waals surface area contributed by atoms with Crippen LogP contribution in [0.1, 0.15) is 73.1 Å². The Labute approximate surface area is 120 Å². The van der Waals surface area contributed by atoms with E-state index in [4.69, 9.17) is 5.84 Å². The summed E-state index contributed by atoms with van der Waals surface area (Å²) in [6, 6.07) is 0.403. The summed E-state index contributed by atoms with van der Waals surface area (Å²) in [5.74, 6) is 5.93. The Kier molecular flexibility index (Phi) is 6.28. The predicted molar refractivity (Wildman–Crippen MR) is 83.9 cm³/mol. The molecule has 0 amide bonds. The van der Waals surface area contributed by atoms with Crippen LogP contribution in [0.5, 0.6) is 0 Å². The van der Waals surface area contributed by atoms with Gasteiger partial charge in [-0.2, -0.15) is 0 Å². The van der Waals surface area contributed by atoms with Crippen molar-refractivity contribution in [2.75, 3.05) is 13.1 Å². The average Bonchev–Trinajstić information content (AvgIpc) is 2.88. The molecule has 0 aliphatic carbocycles. The third-order valence-corrected chi connectivity index (χ3v) is 4.99. The van der Waals surface area contributed by atoms with E-state index in [1.807, 2.05) is 0 Å². The van der Waals surface area contributed by atoms with Gasteiger partial charge in [0.15, 0.2) is 0 Å². The molecule has 0 aromatic carbocycles. The number of nitrogens with zero attached hydrogens (tertiary/aromatic N) is 1. The maximum atomic E-state index is 5.93. The highest BCUT2D eigenvalue weighted by atomic mass is 15.3. The van der Waals surface area contributed by atoms with Gasteiger partial charge in [-0.3, -0.25) is 16.2 Å². The standard InChI is InChI=1S/C16H35N3/c1-6-16(7-2,19-12-8-9-13-19)14(18-17)10-11-15(3,4)5/h14,18H,6-13,17H2,1-5H3. The fourth-order valence-corrected chi connectivity index (χ4v) is 3.66. The van der Waals surface area contributed by atoms with Gasteiger partial charge >= 0.3 is 0 Å². The summed E-state index contributed by atoms with van der Waals surface area (Å²) in [5, 5.41) is 0. The van der Waals surface area contributed by atoms with Gasteiger partial charge in [0, 0.05) is 11.6 Å². The highest BCUT2D eigenvalue weighted by molar-refractivity contribution is 4.99. The highest BCUT2D eigenvalue weighted by Gasteiger charge is 2.41. The minimum absolute atomic E-state index is 0.247. The molecular weight excluding hydrogens is 234 g/mol. The maximum absolute atomic E-state index is 5.93. The second-order valence-electron chi connectivity index (χ2n) is 7.32. The molecule has 3 nitrogen and oxygen atoms in total. The number of hydrazine groups is 1. The van der Waals surface area contributed by atoms with E-state index in [-0.39, 0.29) is 5.54 Å². The van der Waals surface area contributed by atoms with Gasteiger partial charge in [-0.15, -0.1) is 0 Å². The van der Waals surface area contributed by atoms with Gasteiger partial charge in [-0.1, -0.05) is 34.6 Å². The van der Waals surface area contributed by atoms with Crippen molar-refractivity contribution in [2.45, 2.75) is 84.7 Å². The van der Waals surface area contributed by atoms with Crippen LogP contribution in [-0.4, -0.2) is 29.6 Å². The molecule has 1 saturated heterocycles. The molecule has 1 aliphatic rings. The number of likely N-dealkylation sites (tertiary alicyclic amines) is 1. The molecular formula is C16H35N3. The van der Waals surface area contributed by atoms with Crippen molar-refractivity contribution in [1.82, 2.24) is 10.3 Å². The van der Waals surface area contributed by atoms with E-state index in [0.29, 0.717) is 11.5 Å². The maximum Gasteiger partial charge on any atom is 0.0394 e. The monoisotopic (exact) mass is 269 g/mol. The number of rotatable bonds is 7. The second-order valence-corrected chi connectivity index (χ2v) is 7.32. The molecule has 0 spiro atoms. The zero-order valence-corrected chi connectivity index (χ0v) is 13.8. The van der Waals surface area contributed by atoms with Crippen molar-refractivity contribution < 1.29 is 0 Å². The molecule has 1 aliphatic heterocycles. The lowest BCUT2D eigenvalue weighted by Gasteiger charge is -2.47. The molecule has 1 rings (SSSR count). The van der Waals surface area contributed by atoms with E-state index in [9.17, 15) is 0 Å². The Morgan fingerprint density at radius 2 is 1.63 bits per heavy atom. The van der Waals surface area contributed by atoms with Crippen molar-refractivity contribution in [2.24, 2.45) is 11.3 Å². The Bertz CT molecular complexity index is 247. The van der Waals surface area contributed by atoms with Gasteiger partial charge in [0.1, 0.15) is 0 Å². The van der Waals surface area contributed by atoms with Crippen LogP contribution in [-0.2, 0) is 0 Å². The van der Waals surface area contributed by atoms with Gasteiger partial charge in [-0.05, 0) is 57.0 Å². The number of nitrogens with one attached hydrogen (secondary N) is 1. The summed E-state index contributed by atoms with van der Waals surface area (Å²) >= 11 is 0. The fraction of sp³-hybridized carbons (Fsp3) is 1.00. The van der Waals surface area contributed by atoms with Crippen LogP contribution in [0.2, 0.25) is 0 Å². The van der Waals surface area contributed by atoms with E-state index in [1.165, 1.54) is 45.2 Å². The summed E-state index contributed by atoms with van der Waals surface area (Å²) in [6.07, 6.45) is 7.44. The first-order valence-corrected chi connectivity index (χ1v) is 8.11. The third-order valence-electron chi connectivity index (χ3n) is 4.99. The highest BCUT2D eigenvalue weighted by Crippen LogP contribution is 2.35. The molecule has 0 bridgehead atoms. The van der Waals surface area contributed by atoms with Gasteiger partial charge in [0.25, 0.3) is 0 Å². The summed E-state index contributed by atoms with van der Waals surface area (Å²) in [6.45, 7) is 14.1. The number of hydrogen-bond acceptors (Lipinski definition) is 3. The Hall–Kier alpha value is -0.120. The summed E-state index contributed by atoms with van der Waals surface area (Å²) in [7, 11) is 0.